The first kappa shape index (κ1) is 30.9. The highest BCUT2D eigenvalue weighted by Crippen LogP contribution is 2.38. The van der Waals surface area contributed by atoms with Crippen LogP contribution in [0.2, 0.25) is 0 Å². The number of methoxy groups -OCH3 is 1. The average molecular weight is 561 g/mol. The summed E-state index contributed by atoms with van der Waals surface area (Å²) in [5.41, 5.74) is 0.319. The standard InChI is InChI=1S/C27H40F4N4O4/c1-32-16-23(12-18-5-7-27(30,31)8-6-18)34-25(36)35-10-3-4-19(17-35)24(39-11-9-33-26(37)38-2)20-13-21(28)15-22(29)14-20/h13-15,18-19,23-24,32H,3-12,16-17H2,1-2H3,(H,33,37)(H,34,36)/t19-,23+,24?/m1/s1. The summed E-state index contributed by atoms with van der Waals surface area (Å²) >= 11 is 0. The first-order valence-corrected chi connectivity index (χ1v) is 13.6. The summed E-state index contributed by atoms with van der Waals surface area (Å²) < 4.78 is 65.8. The van der Waals surface area contributed by atoms with Crippen LogP contribution < -0.4 is 16.0 Å². The zero-order chi connectivity index (χ0) is 28.4. The van der Waals surface area contributed by atoms with Gasteiger partial charge in [0.1, 0.15) is 11.6 Å². The van der Waals surface area contributed by atoms with Crippen molar-refractivity contribution >= 4 is 12.1 Å². The highest BCUT2D eigenvalue weighted by Gasteiger charge is 2.36. The van der Waals surface area contributed by atoms with Crippen molar-refractivity contribution in [1.29, 1.82) is 0 Å². The number of urea groups is 1. The molecule has 0 spiro atoms. The number of piperidine rings is 1. The number of benzene rings is 1. The molecular weight excluding hydrogens is 520 g/mol. The van der Waals surface area contributed by atoms with Crippen LogP contribution in [-0.2, 0) is 9.47 Å². The van der Waals surface area contributed by atoms with Gasteiger partial charge in [-0.3, -0.25) is 0 Å². The van der Waals surface area contributed by atoms with E-state index in [2.05, 4.69) is 20.7 Å². The van der Waals surface area contributed by atoms with Crippen LogP contribution in [-0.4, -0.2) is 75.9 Å². The normalized spacial score (nSPS) is 21.2. The van der Waals surface area contributed by atoms with Gasteiger partial charge in [0.05, 0.1) is 19.8 Å². The van der Waals surface area contributed by atoms with Gasteiger partial charge < -0.3 is 30.3 Å². The number of alkyl carbamates (subject to hydrolysis) is 1. The van der Waals surface area contributed by atoms with E-state index in [1.165, 1.54) is 19.2 Å². The molecule has 3 amide bonds. The Morgan fingerprint density at radius 3 is 2.46 bits per heavy atom. The molecule has 3 N–H and O–H groups in total. The number of nitrogens with one attached hydrogen (secondary N) is 3. The van der Waals surface area contributed by atoms with Crippen molar-refractivity contribution in [2.45, 2.75) is 63.0 Å². The third-order valence-electron chi connectivity index (χ3n) is 7.47. The number of likely N-dealkylation sites (tertiary alicyclic amines) is 1. The fourth-order valence-electron chi connectivity index (χ4n) is 5.54. The van der Waals surface area contributed by atoms with Crippen LogP contribution >= 0.6 is 0 Å². The van der Waals surface area contributed by atoms with Crippen LogP contribution in [0.5, 0.6) is 0 Å². The Labute approximate surface area is 227 Å². The molecule has 39 heavy (non-hydrogen) atoms. The van der Waals surface area contributed by atoms with Gasteiger partial charge in [-0.1, -0.05) is 0 Å². The lowest BCUT2D eigenvalue weighted by Gasteiger charge is -2.38. The van der Waals surface area contributed by atoms with E-state index in [4.69, 9.17) is 4.74 Å². The van der Waals surface area contributed by atoms with Crippen LogP contribution in [0.1, 0.15) is 56.6 Å². The third kappa shape index (κ3) is 9.82. The molecule has 2 aliphatic rings. The number of alkyl halides is 2. The van der Waals surface area contributed by atoms with Crippen molar-refractivity contribution in [3.8, 4) is 0 Å². The molecule has 8 nitrogen and oxygen atoms in total. The molecule has 12 heteroatoms. The number of nitrogens with zero attached hydrogens (tertiary/aromatic N) is 1. The number of carbonyl (C=O) groups is 2. The average Bonchev–Trinajstić information content (AvgIpc) is 2.89. The SMILES string of the molecule is CNC[C@H](CC1CCC(F)(F)CC1)NC(=O)N1CCC[C@@H](C(OCCNC(=O)OC)c2cc(F)cc(F)c2)C1. The first-order chi connectivity index (χ1) is 18.6. The van der Waals surface area contributed by atoms with Crippen LogP contribution in [0, 0.1) is 23.5 Å². The van der Waals surface area contributed by atoms with Crippen molar-refractivity contribution in [3.63, 3.8) is 0 Å². The lowest BCUT2D eigenvalue weighted by Crippen LogP contribution is -2.52. The number of ether oxygens (including phenoxy) is 2. The number of hydrogen-bond donors (Lipinski definition) is 3. The van der Waals surface area contributed by atoms with Gasteiger partial charge in [-0.15, -0.1) is 0 Å². The molecule has 0 aromatic heterocycles. The maximum atomic E-state index is 14.1. The quantitative estimate of drug-likeness (QED) is 0.272. The van der Waals surface area contributed by atoms with E-state index in [1.807, 2.05) is 0 Å². The summed E-state index contributed by atoms with van der Waals surface area (Å²) in [6.07, 6.45) is 1.25. The van der Waals surface area contributed by atoms with Gasteiger partial charge in [0.15, 0.2) is 0 Å². The highest BCUT2D eigenvalue weighted by molar-refractivity contribution is 5.74. The minimum absolute atomic E-state index is 0.0747. The van der Waals surface area contributed by atoms with Crippen LogP contribution in [0.15, 0.2) is 18.2 Å². The number of carbonyl (C=O) groups excluding carboxylic acids is 2. The molecule has 1 saturated heterocycles. The minimum atomic E-state index is -2.60. The summed E-state index contributed by atoms with van der Waals surface area (Å²) in [7, 11) is 3.02. The van der Waals surface area contributed by atoms with E-state index in [1.54, 1.807) is 11.9 Å². The Morgan fingerprint density at radius 1 is 1.13 bits per heavy atom. The predicted molar refractivity (Wildman–Crippen MR) is 138 cm³/mol. The van der Waals surface area contributed by atoms with Crippen molar-refractivity contribution in [2.75, 3.05) is 46.9 Å². The molecular formula is C27H40F4N4O4. The predicted octanol–water partition coefficient (Wildman–Crippen LogP) is 4.60. The molecule has 2 fully saturated rings. The number of amides is 3. The Morgan fingerprint density at radius 2 is 1.82 bits per heavy atom. The summed E-state index contributed by atoms with van der Waals surface area (Å²) in [5.74, 6) is -4.18. The highest BCUT2D eigenvalue weighted by atomic mass is 19.3. The van der Waals surface area contributed by atoms with Gasteiger partial charge in [0.25, 0.3) is 0 Å². The first-order valence-electron chi connectivity index (χ1n) is 13.6. The lowest BCUT2D eigenvalue weighted by atomic mass is 9.83. The molecule has 220 valence electrons. The van der Waals surface area contributed by atoms with Crippen LogP contribution in [0.3, 0.4) is 0 Å². The lowest BCUT2D eigenvalue weighted by molar-refractivity contribution is -0.0473. The topological polar surface area (TPSA) is 91.9 Å². The van der Waals surface area contributed by atoms with E-state index in [0.29, 0.717) is 57.3 Å². The minimum Gasteiger partial charge on any atom is -0.453 e. The van der Waals surface area contributed by atoms with Crippen LogP contribution in [0.4, 0.5) is 27.2 Å². The molecule has 1 aliphatic carbocycles. The van der Waals surface area contributed by atoms with E-state index in [9.17, 15) is 27.2 Å². The molecule has 0 bridgehead atoms. The molecule has 3 atom stereocenters. The smallest absolute Gasteiger partial charge is 0.406 e. The maximum absolute atomic E-state index is 14.1. The van der Waals surface area contributed by atoms with Gasteiger partial charge in [-0.25, -0.2) is 27.2 Å². The van der Waals surface area contributed by atoms with Crippen molar-refractivity contribution in [3.05, 3.63) is 35.4 Å². The molecule has 1 saturated carbocycles. The maximum Gasteiger partial charge on any atom is 0.406 e. The largest absolute Gasteiger partial charge is 0.453 e. The second-order valence-electron chi connectivity index (χ2n) is 10.5. The van der Waals surface area contributed by atoms with Gasteiger partial charge >= 0.3 is 12.1 Å². The van der Waals surface area contributed by atoms with Crippen molar-refractivity contribution in [2.24, 2.45) is 11.8 Å². The molecule has 1 aromatic rings. The Bertz CT molecular complexity index is 924. The molecule has 3 rings (SSSR count). The van der Waals surface area contributed by atoms with Gasteiger partial charge in [0, 0.05) is 57.0 Å². The van der Waals surface area contributed by atoms with Crippen molar-refractivity contribution < 1.29 is 36.6 Å². The third-order valence-corrected chi connectivity index (χ3v) is 7.47. The molecule has 1 heterocycles. The van der Waals surface area contributed by atoms with Crippen LogP contribution in [0.25, 0.3) is 0 Å². The Hall–Kier alpha value is -2.60. The fraction of sp³-hybridized carbons (Fsp3) is 0.704. The Balaban J connectivity index is 1.64. The number of likely N-dealkylation sites (N-methyl/N-ethyl adjacent to an activating group) is 1. The van der Waals surface area contributed by atoms with E-state index in [0.717, 1.165) is 6.07 Å². The summed E-state index contributed by atoms with van der Waals surface area (Å²) in [4.78, 5) is 26.3. The molecule has 1 aliphatic heterocycles. The molecule has 0 radical (unpaired) electrons. The second-order valence-corrected chi connectivity index (χ2v) is 10.5. The van der Waals surface area contributed by atoms with E-state index < -0.39 is 29.8 Å². The summed E-state index contributed by atoms with van der Waals surface area (Å²) in [5, 5.41) is 8.64. The van der Waals surface area contributed by atoms with Gasteiger partial charge in [-0.05, 0) is 62.8 Å². The number of hydrogen-bond acceptors (Lipinski definition) is 5. The van der Waals surface area contributed by atoms with Crippen molar-refractivity contribution in [1.82, 2.24) is 20.9 Å². The zero-order valence-corrected chi connectivity index (χ0v) is 22.6. The second kappa shape index (κ2) is 14.7. The number of halogens is 4. The van der Waals surface area contributed by atoms with Gasteiger partial charge in [-0.2, -0.15) is 0 Å². The summed E-state index contributed by atoms with van der Waals surface area (Å²) in [6, 6.07) is 2.75. The number of rotatable bonds is 11. The fourth-order valence-corrected chi connectivity index (χ4v) is 5.54. The molecule has 1 aromatic carbocycles. The van der Waals surface area contributed by atoms with E-state index >= 15 is 0 Å². The summed E-state index contributed by atoms with van der Waals surface area (Å²) in [6.45, 7) is 1.54. The monoisotopic (exact) mass is 560 g/mol. The molecule has 1 unspecified atom stereocenters. The zero-order valence-electron chi connectivity index (χ0n) is 22.6. The van der Waals surface area contributed by atoms with E-state index in [-0.39, 0.29) is 49.9 Å². The van der Waals surface area contributed by atoms with Gasteiger partial charge in [0.2, 0.25) is 5.92 Å². The Kier molecular flexibility index (Phi) is 11.7.